The molecule has 3 saturated carbocycles. The Labute approximate surface area is 254 Å². The summed E-state index contributed by atoms with van der Waals surface area (Å²) in [6.07, 6.45) is 3.38. The molecule has 0 amide bonds. The van der Waals surface area contributed by atoms with Gasteiger partial charge in [-0.25, -0.2) is 28.3 Å². The van der Waals surface area contributed by atoms with Gasteiger partial charge in [-0.3, -0.25) is 4.79 Å². The highest BCUT2D eigenvalue weighted by Gasteiger charge is 2.78. The molecule has 1 aliphatic heterocycles. The third-order valence-electron chi connectivity index (χ3n) is 11.5. The lowest BCUT2D eigenvalue weighted by Gasteiger charge is -2.60. The van der Waals surface area contributed by atoms with Gasteiger partial charge in [0.1, 0.15) is 11.7 Å². The minimum Gasteiger partial charge on any atom is -0.460 e. The van der Waals surface area contributed by atoms with Crippen LogP contribution in [0.2, 0.25) is 0 Å². The van der Waals surface area contributed by atoms with Crippen molar-refractivity contribution in [2.45, 2.75) is 83.0 Å². The summed E-state index contributed by atoms with van der Waals surface area (Å²) in [6.45, 7) is 8.20. The van der Waals surface area contributed by atoms with E-state index >= 15 is 0 Å². The minimum absolute atomic E-state index is 0.134. The number of esters is 1. The Morgan fingerprint density at radius 1 is 1.07 bits per heavy atom. The van der Waals surface area contributed by atoms with Gasteiger partial charge in [0.25, 0.3) is 0 Å². The van der Waals surface area contributed by atoms with Crippen LogP contribution >= 0.6 is 23.2 Å². The SMILES string of the molecule is C[C@@H]1CC[C@@]23C[C@H](C)C(=O)[C@@]2(O)[C@]1(C)[C@H](OC(=O)C(Cl)Cl)C[C@@H](C1=CCn2c(=O)n(-c4ccccc4)c(=O)n2C1)[C@@H]3C. The average Bonchev–Trinajstić information content (AvgIpc) is 3.34. The molecular weight excluding hydrogens is 581 g/mol. The van der Waals surface area contributed by atoms with E-state index in [1.165, 1.54) is 13.9 Å². The summed E-state index contributed by atoms with van der Waals surface area (Å²) in [4.78, 5) is 52.3. The number of para-hydroxylation sites is 1. The van der Waals surface area contributed by atoms with Crippen LogP contribution in [0.5, 0.6) is 0 Å². The van der Waals surface area contributed by atoms with Gasteiger partial charge < -0.3 is 9.84 Å². The lowest BCUT2D eigenvalue weighted by Crippen LogP contribution is -2.69. The number of allylic oxidation sites excluding steroid dienone is 2. The van der Waals surface area contributed by atoms with Gasteiger partial charge in [-0.1, -0.05) is 75.2 Å². The van der Waals surface area contributed by atoms with Crippen molar-refractivity contribution in [3.63, 3.8) is 0 Å². The summed E-state index contributed by atoms with van der Waals surface area (Å²) in [5.41, 5.74) is -3.01. The Bertz CT molecular complexity index is 1590. The molecule has 1 aromatic carbocycles. The number of aromatic nitrogens is 3. The van der Waals surface area contributed by atoms with Crippen molar-refractivity contribution in [1.29, 1.82) is 0 Å². The van der Waals surface area contributed by atoms with Crippen LogP contribution in [0.3, 0.4) is 0 Å². The number of carbonyl (C=O) groups is 2. The maximum Gasteiger partial charge on any atom is 0.352 e. The number of aliphatic hydroxyl groups is 1. The van der Waals surface area contributed by atoms with Crippen molar-refractivity contribution in [1.82, 2.24) is 13.9 Å². The summed E-state index contributed by atoms with van der Waals surface area (Å²) in [5, 5.41) is 12.8. The quantitative estimate of drug-likeness (QED) is 0.317. The number of carbonyl (C=O) groups excluding carboxylic acids is 2. The Kier molecular flexibility index (Phi) is 6.98. The number of hydrogen-bond acceptors (Lipinski definition) is 6. The molecule has 226 valence electrons. The molecule has 1 N–H and O–H groups in total. The molecule has 3 aliphatic carbocycles. The normalized spacial score (nSPS) is 37.6. The van der Waals surface area contributed by atoms with Crippen molar-refractivity contribution in [2.75, 3.05) is 0 Å². The molecule has 9 nitrogen and oxygen atoms in total. The number of nitrogens with zero attached hydrogens (tertiary/aromatic N) is 3. The third kappa shape index (κ3) is 3.72. The largest absolute Gasteiger partial charge is 0.460 e. The van der Waals surface area contributed by atoms with Crippen molar-refractivity contribution >= 4 is 35.0 Å². The molecule has 0 saturated heterocycles. The van der Waals surface area contributed by atoms with Gasteiger partial charge >= 0.3 is 17.3 Å². The van der Waals surface area contributed by atoms with E-state index < -0.39 is 44.7 Å². The smallest absolute Gasteiger partial charge is 0.352 e. The number of hydrogen-bond donors (Lipinski definition) is 1. The predicted molar refractivity (Wildman–Crippen MR) is 158 cm³/mol. The number of alkyl halides is 2. The Hall–Kier alpha value is -2.62. The first-order valence-electron chi connectivity index (χ1n) is 14.7. The highest BCUT2D eigenvalue weighted by molar-refractivity contribution is 6.52. The maximum absolute atomic E-state index is 14.0. The van der Waals surface area contributed by atoms with E-state index in [2.05, 4.69) is 6.92 Å². The molecule has 2 heterocycles. The second-order valence-corrected chi connectivity index (χ2v) is 14.2. The van der Waals surface area contributed by atoms with Crippen LogP contribution < -0.4 is 11.4 Å². The zero-order valence-corrected chi connectivity index (χ0v) is 25.8. The fraction of sp³-hybridized carbons (Fsp3) is 0.613. The first-order valence-corrected chi connectivity index (χ1v) is 15.6. The van der Waals surface area contributed by atoms with Crippen molar-refractivity contribution in [3.05, 3.63) is 62.9 Å². The van der Waals surface area contributed by atoms with Crippen LogP contribution in [0.15, 0.2) is 51.6 Å². The number of halogens is 2. The predicted octanol–water partition coefficient (Wildman–Crippen LogP) is 3.87. The van der Waals surface area contributed by atoms with Crippen LogP contribution in [0, 0.1) is 34.5 Å². The average molecular weight is 619 g/mol. The highest BCUT2D eigenvalue weighted by Crippen LogP contribution is 2.71. The first kappa shape index (κ1) is 29.5. The molecule has 8 atom stereocenters. The molecule has 6 rings (SSSR count). The van der Waals surface area contributed by atoms with Crippen LogP contribution in [0.1, 0.15) is 53.4 Å². The monoisotopic (exact) mass is 617 g/mol. The van der Waals surface area contributed by atoms with Gasteiger partial charge in [0, 0.05) is 16.7 Å². The van der Waals surface area contributed by atoms with Gasteiger partial charge in [-0.15, -0.1) is 0 Å². The van der Waals surface area contributed by atoms with Crippen LogP contribution in [-0.2, 0) is 27.4 Å². The summed E-state index contributed by atoms with van der Waals surface area (Å²) in [5.74, 6) is -1.96. The van der Waals surface area contributed by atoms with Crippen LogP contribution in [0.4, 0.5) is 0 Å². The van der Waals surface area contributed by atoms with Crippen molar-refractivity contribution < 1.29 is 19.4 Å². The maximum atomic E-state index is 14.0. The molecule has 3 fully saturated rings. The second kappa shape index (κ2) is 9.96. The first-order chi connectivity index (χ1) is 19.8. The molecule has 0 spiro atoms. The molecule has 0 radical (unpaired) electrons. The van der Waals surface area contributed by atoms with Crippen molar-refractivity contribution in [2.24, 2.45) is 34.5 Å². The van der Waals surface area contributed by atoms with Gasteiger partial charge in [-0.05, 0) is 61.1 Å². The summed E-state index contributed by atoms with van der Waals surface area (Å²) in [7, 11) is 0. The number of fused-ring (bicyclic) bond motifs is 1. The lowest BCUT2D eigenvalue weighted by atomic mass is 9.46. The standard InChI is InChI=1S/C31H37Cl2N3O6/c1-17-15-30-12-10-18(2)29(4,31(30,41)24(17)37)23(42-26(38)25(32)33)14-22(19(30)3)20-11-13-34-27(39)36(28(40)35(34)16-20)21-8-6-5-7-9-21/h5-9,11,17-19,22-23,25,41H,10,12-16H2,1-4H3/t17-,18+,19-,22+,23+,29-,30-,31+/m0/s1. The van der Waals surface area contributed by atoms with E-state index in [4.69, 9.17) is 27.9 Å². The number of ketones is 1. The zero-order valence-electron chi connectivity index (χ0n) is 24.3. The zero-order chi connectivity index (χ0) is 30.4. The van der Waals surface area contributed by atoms with Gasteiger partial charge in [0.05, 0.1) is 18.8 Å². The highest BCUT2D eigenvalue weighted by atomic mass is 35.5. The number of benzene rings is 1. The van der Waals surface area contributed by atoms with Crippen molar-refractivity contribution in [3.8, 4) is 5.69 Å². The molecule has 0 unspecified atom stereocenters. The van der Waals surface area contributed by atoms with E-state index in [9.17, 15) is 24.3 Å². The molecule has 4 aliphatic rings. The minimum atomic E-state index is -1.73. The number of ether oxygens (including phenoxy) is 1. The van der Waals surface area contributed by atoms with E-state index in [1.807, 2.05) is 32.9 Å². The molecule has 2 aromatic rings. The molecule has 42 heavy (non-hydrogen) atoms. The summed E-state index contributed by atoms with van der Waals surface area (Å²) >= 11 is 11.9. The van der Waals surface area contributed by atoms with E-state index in [-0.39, 0.29) is 42.5 Å². The van der Waals surface area contributed by atoms with E-state index in [0.29, 0.717) is 24.9 Å². The van der Waals surface area contributed by atoms with Gasteiger partial charge in [0.15, 0.2) is 5.78 Å². The molecule has 11 heteroatoms. The topological polar surface area (TPSA) is 113 Å². The second-order valence-electron chi connectivity index (χ2n) is 13.1. The fourth-order valence-electron chi connectivity index (χ4n) is 9.15. The van der Waals surface area contributed by atoms with Crippen LogP contribution in [-0.4, -0.2) is 47.3 Å². The molecular formula is C31H37Cl2N3O6. The fourth-order valence-corrected chi connectivity index (χ4v) is 9.26. The lowest BCUT2D eigenvalue weighted by molar-refractivity contribution is -0.234. The number of rotatable bonds is 4. The summed E-state index contributed by atoms with van der Waals surface area (Å²) < 4.78 is 10.1. The molecule has 2 bridgehead atoms. The Morgan fingerprint density at radius 2 is 1.74 bits per heavy atom. The Balaban J connectivity index is 1.47. The van der Waals surface area contributed by atoms with E-state index in [0.717, 1.165) is 12.0 Å². The van der Waals surface area contributed by atoms with Gasteiger partial charge in [0.2, 0.25) is 4.84 Å². The summed E-state index contributed by atoms with van der Waals surface area (Å²) in [6, 6.07) is 8.81. The number of Topliss-reactive ketones (excluding diaryl/α,β-unsaturated/α-hetero) is 1. The van der Waals surface area contributed by atoms with E-state index in [1.54, 1.807) is 24.3 Å². The Morgan fingerprint density at radius 3 is 2.40 bits per heavy atom. The van der Waals surface area contributed by atoms with Gasteiger partial charge in [-0.2, -0.15) is 0 Å². The molecule has 1 aromatic heterocycles. The van der Waals surface area contributed by atoms with Crippen LogP contribution in [0.25, 0.3) is 5.69 Å². The third-order valence-corrected chi connectivity index (χ3v) is 11.9.